The fourth-order valence-corrected chi connectivity index (χ4v) is 6.47. The van der Waals surface area contributed by atoms with Crippen LogP contribution in [-0.2, 0) is 21.4 Å². The molecule has 1 saturated heterocycles. The van der Waals surface area contributed by atoms with Crippen molar-refractivity contribution >= 4 is 44.3 Å². The highest BCUT2D eigenvalue weighted by atomic mass is 32.2. The van der Waals surface area contributed by atoms with Gasteiger partial charge in [-0.3, -0.25) is 14.4 Å². The Kier molecular flexibility index (Phi) is 7.59. The topological polar surface area (TPSA) is 90.5 Å². The van der Waals surface area contributed by atoms with E-state index in [1.807, 2.05) is 30.3 Å². The van der Waals surface area contributed by atoms with Gasteiger partial charge in [0.05, 0.1) is 27.5 Å². The van der Waals surface area contributed by atoms with Crippen LogP contribution in [0.2, 0.25) is 0 Å². The Labute approximate surface area is 241 Å². The van der Waals surface area contributed by atoms with Gasteiger partial charge in [0.1, 0.15) is 0 Å². The molecule has 8 heteroatoms. The summed E-state index contributed by atoms with van der Waals surface area (Å²) >= 11 is 0. The van der Waals surface area contributed by atoms with Gasteiger partial charge in [-0.05, 0) is 79.5 Å². The smallest absolute Gasteiger partial charge is 0.261 e. The molecule has 0 radical (unpaired) electrons. The average molecular weight is 565 g/mol. The molecule has 0 spiro atoms. The number of carbonyl (C=O) groups excluding carboxylic acids is 1. The second kappa shape index (κ2) is 11.6. The molecular weight excluding hydrogens is 532 g/mol. The predicted molar refractivity (Wildman–Crippen MR) is 165 cm³/mol. The van der Waals surface area contributed by atoms with Gasteiger partial charge in [0.15, 0.2) is 0 Å². The summed E-state index contributed by atoms with van der Waals surface area (Å²) in [5.74, 6) is -0.254. The van der Waals surface area contributed by atoms with E-state index >= 15 is 0 Å². The molecule has 7 nitrogen and oxygen atoms in total. The molecule has 0 atom stereocenters. The van der Waals surface area contributed by atoms with E-state index < -0.39 is 10.0 Å². The van der Waals surface area contributed by atoms with Crippen molar-refractivity contribution in [2.24, 2.45) is 0 Å². The first-order valence-corrected chi connectivity index (χ1v) is 15.4. The summed E-state index contributed by atoms with van der Waals surface area (Å²) in [4.78, 5) is 16.0. The van der Waals surface area contributed by atoms with Crippen LogP contribution in [0.4, 0.5) is 17.1 Å². The summed E-state index contributed by atoms with van der Waals surface area (Å²) in [6, 6.07) is 31.4. The van der Waals surface area contributed by atoms with E-state index in [9.17, 15) is 13.2 Å². The highest BCUT2D eigenvalue weighted by molar-refractivity contribution is 7.92. The maximum atomic E-state index is 13.4. The van der Waals surface area contributed by atoms with Gasteiger partial charge in [-0.1, -0.05) is 67.1 Å². The van der Waals surface area contributed by atoms with Gasteiger partial charge in [-0.25, -0.2) is 8.42 Å². The maximum absolute atomic E-state index is 13.4. The summed E-state index contributed by atoms with van der Waals surface area (Å²) in [5, 5.41) is 6.43. The Morgan fingerprint density at radius 1 is 0.780 bits per heavy atom. The van der Waals surface area contributed by atoms with Gasteiger partial charge < -0.3 is 10.6 Å². The van der Waals surface area contributed by atoms with Crippen molar-refractivity contribution in [2.45, 2.75) is 30.7 Å². The third-order valence-electron chi connectivity index (χ3n) is 7.46. The lowest BCUT2D eigenvalue weighted by molar-refractivity contribution is -0.110. The molecule has 4 aromatic carbocycles. The minimum Gasteiger partial charge on any atom is -0.354 e. The Morgan fingerprint density at radius 3 is 2.15 bits per heavy atom. The Balaban J connectivity index is 1.30. The quantitative estimate of drug-likeness (QED) is 0.215. The molecule has 41 heavy (non-hydrogen) atoms. The van der Waals surface area contributed by atoms with Gasteiger partial charge in [0.25, 0.3) is 15.9 Å². The molecule has 1 amide bonds. The van der Waals surface area contributed by atoms with E-state index in [-0.39, 0.29) is 10.8 Å². The van der Waals surface area contributed by atoms with Gasteiger partial charge in [-0.2, -0.15) is 0 Å². The fraction of sp³-hybridized carbons (Fsp3) is 0.182. The van der Waals surface area contributed by atoms with Crippen LogP contribution in [0.5, 0.6) is 0 Å². The van der Waals surface area contributed by atoms with Crippen LogP contribution >= 0.6 is 0 Å². The highest BCUT2D eigenvalue weighted by Crippen LogP contribution is 2.39. The molecule has 0 aliphatic carbocycles. The number of carbonyl (C=O) groups is 1. The number of sulfonamides is 1. The zero-order valence-corrected chi connectivity index (χ0v) is 23.5. The van der Waals surface area contributed by atoms with Gasteiger partial charge >= 0.3 is 0 Å². The van der Waals surface area contributed by atoms with Crippen LogP contribution in [0.25, 0.3) is 11.3 Å². The number of piperidine rings is 1. The molecule has 4 aromatic rings. The summed E-state index contributed by atoms with van der Waals surface area (Å²) in [6.45, 7) is 3.24. The largest absolute Gasteiger partial charge is 0.354 e. The van der Waals surface area contributed by atoms with Crippen molar-refractivity contribution in [1.82, 2.24) is 4.90 Å². The molecule has 2 heterocycles. The van der Waals surface area contributed by atoms with E-state index in [1.54, 1.807) is 36.4 Å². The Morgan fingerprint density at radius 2 is 1.44 bits per heavy atom. The summed E-state index contributed by atoms with van der Waals surface area (Å²) in [7, 11) is -3.76. The summed E-state index contributed by atoms with van der Waals surface area (Å²) < 4.78 is 28.3. The number of nitrogens with one attached hydrogen (secondary N) is 3. The normalized spacial score (nSPS) is 16.5. The summed E-state index contributed by atoms with van der Waals surface area (Å²) in [5.41, 5.74) is 5.82. The standard InChI is InChI=1S/C33H32N4O3S/c38-33-31(29-19-18-27(22-30(29)35-33)36-41(39,40)28-12-6-2-7-13-28)32(25-10-4-1-5-11-25)34-26-16-14-24(15-17-26)23-37-20-8-3-9-21-37/h1-2,4-7,10-19,22,34,36H,3,8-9,20-21,23H2,(H,35,38)/b32-31-. The molecular formula is C33H32N4O3S. The molecule has 6 rings (SSSR count). The number of amides is 1. The second-order valence-corrected chi connectivity index (χ2v) is 12.1. The van der Waals surface area contributed by atoms with Crippen LogP contribution in [0.15, 0.2) is 108 Å². The van der Waals surface area contributed by atoms with E-state index in [1.165, 1.54) is 37.0 Å². The lowest BCUT2D eigenvalue weighted by Crippen LogP contribution is -2.29. The predicted octanol–water partition coefficient (Wildman–Crippen LogP) is 6.41. The fourth-order valence-electron chi connectivity index (χ4n) is 5.40. The van der Waals surface area contributed by atoms with Crippen LogP contribution in [0.3, 0.4) is 0 Å². The van der Waals surface area contributed by atoms with E-state index in [2.05, 4.69) is 44.5 Å². The molecule has 1 fully saturated rings. The Bertz CT molecular complexity index is 1680. The lowest BCUT2D eigenvalue weighted by atomic mass is 9.99. The van der Waals surface area contributed by atoms with Crippen LogP contribution in [0, 0.1) is 0 Å². The van der Waals surface area contributed by atoms with Gasteiger partial charge in [0, 0.05) is 17.8 Å². The van der Waals surface area contributed by atoms with Crippen molar-refractivity contribution < 1.29 is 13.2 Å². The number of benzene rings is 4. The number of likely N-dealkylation sites (tertiary alicyclic amines) is 1. The minimum absolute atomic E-state index is 0.169. The first kappa shape index (κ1) is 26.8. The number of hydrogen-bond donors (Lipinski definition) is 3. The van der Waals surface area contributed by atoms with Crippen molar-refractivity contribution in [3.05, 3.63) is 120 Å². The maximum Gasteiger partial charge on any atom is 0.261 e. The molecule has 0 unspecified atom stereocenters. The first-order valence-electron chi connectivity index (χ1n) is 13.9. The lowest BCUT2D eigenvalue weighted by Gasteiger charge is -2.26. The molecule has 0 saturated carbocycles. The Hall–Kier alpha value is -4.40. The van der Waals surface area contributed by atoms with Crippen molar-refractivity contribution in [3.8, 4) is 0 Å². The molecule has 0 bridgehead atoms. The number of fused-ring (bicyclic) bond motifs is 1. The number of nitrogens with zero attached hydrogens (tertiary/aromatic N) is 1. The summed E-state index contributed by atoms with van der Waals surface area (Å²) in [6.07, 6.45) is 3.84. The second-order valence-electron chi connectivity index (χ2n) is 10.4. The van der Waals surface area contributed by atoms with Crippen molar-refractivity contribution in [1.29, 1.82) is 0 Å². The number of rotatable bonds is 8. The van der Waals surface area contributed by atoms with Crippen LogP contribution in [0.1, 0.15) is 36.0 Å². The van der Waals surface area contributed by atoms with E-state index in [0.29, 0.717) is 28.2 Å². The highest BCUT2D eigenvalue weighted by Gasteiger charge is 2.29. The van der Waals surface area contributed by atoms with E-state index in [4.69, 9.17) is 0 Å². The number of hydrogen-bond acceptors (Lipinski definition) is 5. The molecule has 0 aromatic heterocycles. The molecule has 2 aliphatic rings. The van der Waals surface area contributed by atoms with E-state index in [0.717, 1.165) is 30.9 Å². The monoisotopic (exact) mass is 564 g/mol. The molecule has 208 valence electrons. The van der Waals surface area contributed by atoms with Crippen molar-refractivity contribution in [3.63, 3.8) is 0 Å². The van der Waals surface area contributed by atoms with Crippen LogP contribution < -0.4 is 15.4 Å². The molecule has 2 aliphatic heterocycles. The van der Waals surface area contributed by atoms with Gasteiger partial charge in [0.2, 0.25) is 0 Å². The third kappa shape index (κ3) is 6.04. The molecule has 3 N–H and O–H groups in total. The number of anilines is 3. The van der Waals surface area contributed by atoms with Crippen LogP contribution in [-0.4, -0.2) is 32.3 Å². The zero-order chi connectivity index (χ0) is 28.2. The van der Waals surface area contributed by atoms with Gasteiger partial charge in [-0.15, -0.1) is 0 Å². The third-order valence-corrected chi connectivity index (χ3v) is 8.86. The van der Waals surface area contributed by atoms with Crippen molar-refractivity contribution in [2.75, 3.05) is 28.4 Å². The first-order chi connectivity index (χ1) is 20.0. The minimum atomic E-state index is -3.76. The SMILES string of the molecule is O=C1Nc2cc(NS(=O)(=O)c3ccccc3)ccc2/C1=C(/Nc1ccc(CN2CCCCC2)cc1)c1ccccc1. The average Bonchev–Trinajstić information content (AvgIpc) is 3.32. The zero-order valence-electron chi connectivity index (χ0n) is 22.6.